The van der Waals surface area contributed by atoms with Crippen LogP contribution < -0.4 is 9.64 Å². The number of benzene rings is 2. The van der Waals surface area contributed by atoms with Gasteiger partial charge in [-0.3, -0.25) is 14.5 Å². The summed E-state index contributed by atoms with van der Waals surface area (Å²) in [4.78, 5) is 25.8. The molecule has 2 aromatic rings. The number of ketones is 1. The number of rotatable bonds is 4. The molecule has 0 bridgehead atoms. The van der Waals surface area contributed by atoms with Crippen molar-refractivity contribution in [2.75, 3.05) is 11.5 Å². The second-order valence-corrected chi connectivity index (χ2v) is 5.80. The standard InChI is InChI=1S/C17H13Cl2NO3/c1-2-23-13-6-4-3-5-10(13)9-20-15-11(16(21)17(20)22)7-8-12(18)14(15)19/h3-8H,2,9H2,1H3. The Morgan fingerprint density at radius 3 is 2.57 bits per heavy atom. The maximum Gasteiger partial charge on any atom is 0.299 e. The highest BCUT2D eigenvalue weighted by molar-refractivity contribution is 6.55. The van der Waals surface area contributed by atoms with Crippen LogP contribution >= 0.6 is 23.2 Å². The van der Waals surface area contributed by atoms with Crippen LogP contribution in [0.1, 0.15) is 22.8 Å². The summed E-state index contributed by atoms with van der Waals surface area (Å²) >= 11 is 12.3. The van der Waals surface area contributed by atoms with Crippen LogP contribution in [0.5, 0.6) is 5.75 Å². The van der Waals surface area contributed by atoms with Crippen molar-refractivity contribution >= 4 is 40.6 Å². The molecule has 0 aliphatic carbocycles. The van der Waals surface area contributed by atoms with Crippen LogP contribution in [0.25, 0.3) is 0 Å². The van der Waals surface area contributed by atoms with E-state index in [1.807, 2.05) is 31.2 Å². The average Bonchev–Trinajstić information content (AvgIpc) is 2.78. The first-order valence-corrected chi connectivity index (χ1v) is 7.85. The summed E-state index contributed by atoms with van der Waals surface area (Å²) in [5.74, 6) is -0.523. The van der Waals surface area contributed by atoms with Crippen molar-refractivity contribution in [1.82, 2.24) is 0 Å². The molecule has 2 aromatic carbocycles. The summed E-state index contributed by atoms with van der Waals surface area (Å²) in [7, 11) is 0. The van der Waals surface area contributed by atoms with Gasteiger partial charge in [-0.1, -0.05) is 41.4 Å². The Morgan fingerprint density at radius 1 is 1.09 bits per heavy atom. The molecule has 0 atom stereocenters. The Balaban J connectivity index is 2.04. The van der Waals surface area contributed by atoms with E-state index in [0.717, 1.165) is 5.56 Å². The van der Waals surface area contributed by atoms with E-state index in [1.165, 1.54) is 17.0 Å². The number of fused-ring (bicyclic) bond motifs is 1. The van der Waals surface area contributed by atoms with Gasteiger partial charge in [0.25, 0.3) is 11.7 Å². The van der Waals surface area contributed by atoms with E-state index in [1.54, 1.807) is 0 Å². The fraction of sp³-hybridized carbons (Fsp3) is 0.176. The smallest absolute Gasteiger partial charge is 0.299 e. The van der Waals surface area contributed by atoms with Crippen molar-refractivity contribution in [2.45, 2.75) is 13.5 Å². The van der Waals surface area contributed by atoms with Crippen molar-refractivity contribution in [3.8, 4) is 5.75 Å². The minimum Gasteiger partial charge on any atom is -0.494 e. The summed E-state index contributed by atoms with van der Waals surface area (Å²) in [6.07, 6.45) is 0. The summed E-state index contributed by atoms with van der Waals surface area (Å²) in [6, 6.07) is 10.4. The molecular formula is C17H13Cl2NO3. The Hall–Kier alpha value is -2.04. The number of hydrogen-bond acceptors (Lipinski definition) is 3. The average molecular weight is 350 g/mol. The van der Waals surface area contributed by atoms with Crippen molar-refractivity contribution in [2.24, 2.45) is 0 Å². The molecule has 0 N–H and O–H groups in total. The predicted octanol–water partition coefficient (Wildman–Crippen LogP) is 4.12. The third kappa shape index (κ3) is 2.69. The van der Waals surface area contributed by atoms with Crippen molar-refractivity contribution in [3.05, 3.63) is 57.6 Å². The van der Waals surface area contributed by atoms with Gasteiger partial charge in [0.15, 0.2) is 0 Å². The molecule has 3 rings (SSSR count). The van der Waals surface area contributed by atoms with Crippen molar-refractivity contribution in [1.29, 1.82) is 0 Å². The van der Waals surface area contributed by atoms with E-state index in [-0.39, 0.29) is 17.1 Å². The third-order valence-corrected chi connectivity index (χ3v) is 4.42. The van der Waals surface area contributed by atoms with E-state index < -0.39 is 11.7 Å². The minimum absolute atomic E-state index is 0.188. The van der Waals surface area contributed by atoms with Gasteiger partial charge in [-0.2, -0.15) is 0 Å². The quantitative estimate of drug-likeness (QED) is 0.780. The molecule has 0 spiro atoms. The number of para-hydroxylation sites is 1. The molecule has 1 heterocycles. The van der Waals surface area contributed by atoms with Gasteiger partial charge in [-0.15, -0.1) is 0 Å². The summed E-state index contributed by atoms with van der Waals surface area (Å²) < 4.78 is 5.57. The monoisotopic (exact) mass is 349 g/mol. The zero-order valence-electron chi connectivity index (χ0n) is 12.3. The van der Waals surface area contributed by atoms with Gasteiger partial charge in [-0.25, -0.2) is 0 Å². The molecule has 0 aromatic heterocycles. The maximum absolute atomic E-state index is 12.3. The predicted molar refractivity (Wildman–Crippen MR) is 89.6 cm³/mol. The summed E-state index contributed by atoms with van der Waals surface area (Å²) in [6.45, 7) is 2.58. The number of amides is 1. The van der Waals surface area contributed by atoms with E-state index in [9.17, 15) is 9.59 Å². The van der Waals surface area contributed by atoms with E-state index >= 15 is 0 Å². The molecule has 0 saturated heterocycles. The molecule has 4 nitrogen and oxygen atoms in total. The van der Waals surface area contributed by atoms with Crippen molar-refractivity contribution in [3.63, 3.8) is 0 Å². The Bertz CT molecular complexity index is 804. The van der Waals surface area contributed by atoms with Gasteiger partial charge < -0.3 is 4.74 Å². The fourth-order valence-electron chi connectivity index (χ4n) is 2.58. The molecule has 6 heteroatoms. The molecule has 1 aliphatic heterocycles. The first-order valence-electron chi connectivity index (χ1n) is 7.09. The van der Waals surface area contributed by atoms with Crippen LogP contribution in [0.4, 0.5) is 5.69 Å². The molecule has 0 saturated carbocycles. The SMILES string of the molecule is CCOc1ccccc1CN1C(=O)C(=O)c2ccc(Cl)c(Cl)c21. The van der Waals surface area contributed by atoms with Crippen LogP contribution in [0.3, 0.4) is 0 Å². The van der Waals surface area contributed by atoms with Crippen LogP contribution in [-0.2, 0) is 11.3 Å². The fourth-order valence-corrected chi connectivity index (χ4v) is 3.00. The normalized spacial score (nSPS) is 13.4. The lowest BCUT2D eigenvalue weighted by Gasteiger charge is -2.20. The first-order chi connectivity index (χ1) is 11.0. The highest BCUT2D eigenvalue weighted by Crippen LogP contribution is 2.41. The minimum atomic E-state index is -0.615. The summed E-state index contributed by atoms with van der Waals surface area (Å²) in [5.41, 5.74) is 1.43. The molecule has 1 amide bonds. The van der Waals surface area contributed by atoms with E-state index in [0.29, 0.717) is 23.1 Å². The van der Waals surface area contributed by atoms with E-state index in [4.69, 9.17) is 27.9 Å². The zero-order chi connectivity index (χ0) is 16.6. The Morgan fingerprint density at radius 2 is 1.83 bits per heavy atom. The number of ether oxygens (including phenoxy) is 1. The Labute approximate surface area is 143 Å². The lowest BCUT2D eigenvalue weighted by Crippen LogP contribution is -2.29. The van der Waals surface area contributed by atoms with Gasteiger partial charge in [0.2, 0.25) is 0 Å². The topological polar surface area (TPSA) is 46.6 Å². The lowest BCUT2D eigenvalue weighted by atomic mass is 10.1. The maximum atomic E-state index is 12.3. The number of halogens is 2. The zero-order valence-corrected chi connectivity index (χ0v) is 13.8. The third-order valence-electron chi connectivity index (χ3n) is 3.62. The van der Waals surface area contributed by atoms with Crippen LogP contribution in [0.15, 0.2) is 36.4 Å². The highest BCUT2D eigenvalue weighted by atomic mass is 35.5. The van der Waals surface area contributed by atoms with Gasteiger partial charge in [-0.05, 0) is 25.1 Å². The molecule has 0 fully saturated rings. The second kappa shape index (κ2) is 6.22. The number of Topliss-reactive ketones (excluding diaryl/α,β-unsaturated/α-hetero) is 1. The number of anilines is 1. The van der Waals surface area contributed by atoms with Crippen LogP contribution in [0.2, 0.25) is 10.0 Å². The lowest BCUT2D eigenvalue weighted by molar-refractivity contribution is -0.114. The molecule has 0 unspecified atom stereocenters. The number of carbonyl (C=O) groups excluding carboxylic acids is 2. The van der Waals surface area contributed by atoms with Gasteiger partial charge >= 0.3 is 0 Å². The summed E-state index contributed by atoms with van der Waals surface area (Å²) in [5, 5.41) is 0.508. The van der Waals surface area contributed by atoms with Crippen LogP contribution in [0, 0.1) is 0 Å². The molecular weight excluding hydrogens is 337 g/mol. The largest absolute Gasteiger partial charge is 0.494 e. The van der Waals surface area contributed by atoms with Crippen molar-refractivity contribution < 1.29 is 14.3 Å². The Kier molecular flexibility index (Phi) is 4.28. The van der Waals surface area contributed by atoms with Gasteiger partial charge in [0, 0.05) is 5.56 Å². The molecule has 0 radical (unpaired) electrons. The van der Waals surface area contributed by atoms with E-state index in [2.05, 4.69) is 0 Å². The first kappa shape index (κ1) is 15.8. The van der Waals surface area contributed by atoms with Crippen LogP contribution in [-0.4, -0.2) is 18.3 Å². The highest BCUT2D eigenvalue weighted by Gasteiger charge is 2.38. The van der Waals surface area contributed by atoms with Gasteiger partial charge in [0.1, 0.15) is 5.75 Å². The second-order valence-electron chi connectivity index (χ2n) is 5.02. The molecule has 118 valence electrons. The number of nitrogens with zero attached hydrogens (tertiary/aromatic N) is 1. The molecule has 23 heavy (non-hydrogen) atoms. The number of carbonyl (C=O) groups is 2. The van der Waals surface area contributed by atoms with Gasteiger partial charge in [0.05, 0.1) is 34.4 Å². The molecule has 1 aliphatic rings. The number of hydrogen-bond donors (Lipinski definition) is 0.